The van der Waals surface area contributed by atoms with Crippen LogP contribution in [0.1, 0.15) is 19.0 Å². The molecule has 70 valence electrons. The maximum absolute atomic E-state index is 5.71. The number of hydrogen-bond acceptors (Lipinski definition) is 3. The molecular weight excluding hydrogens is 162 g/mol. The molecule has 1 aromatic rings. The predicted molar refractivity (Wildman–Crippen MR) is 53.6 cm³/mol. The first-order valence-electron chi connectivity index (χ1n) is 4.76. The molecule has 3 N–H and O–H groups in total. The third-order valence-electron chi connectivity index (χ3n) is 2.37. The van der Waals surface area contributed by atoms with Crippen LogP contribution in [0.25, 0.3) is 0 Å². The Morgan fingerprint density at radius 1 is 1.69 bits per heavy atom. The first-order valence-corrected chi connectivity index (χ1v) is 4.76. The van der Waals surface area contributed by atoms with Gasteiger partial charge in [-0.1, -0.05) is 6.92 Å². The standard InChI is InChI=1S/C10H15N3/c1-2-7-5-8(3-4-12-7)13-10-6-9(10)11/h3-5,9-10H,2,6,11H2,1H3,(H,12,13). The molecule has 0 spiro atoms. The fraction of sp³-hybridized carbons (Fsp3) is 0.500. The van der Waals surface area contributed by atoms with Gasteiger partial charge in [0.15, 0.2) is 0 Å². The van der Waals surface area contributed by atoms with Crippen molar-refractivity contribution in [3.8, 4) is 0 Å². The first-order chi connectivity index (χ1) is 6.29. The highest BCUT2D eigenvalue weighted by molar-refractivity contribution is 5.46. The van der Waals surface area contributed by atoms with Crippen molar-refractivity contribution >= 4 is 5.69 Å². The fourth-order valence-corrected chi connectivity index (χ4v) is 1.36. The zero-order valence-corrected chi connectivity index (χ0v) is 7.83. The van der Waals surface area contributed by atoms with Crippen LogP contribution in [0.15, 0.2) is 18.3 Å². The Bertz CT molecular complexity index is 298. The topological polar surface area (TPSA) is 50.9 Å². The molecule has 13 heavy (non-hydrogen) atoms. The highest BCUT2D eigenvalue weighted by Gasteiger charge is 2.33. The summed E-state index contributed by atoms with van der Waals surface area (Å²) in [5.41, 5.74) is 7.97. The van der Waals surface area contributed by atoms with Crippen LogP contribution in [-0.4, -0.2) is 17.1 Å². The van der Waals surface area contributed by atoms with E-state index in [1.165, 1.54) is 0 Å². The summed E-state index contributed by atoms with van der Waals surface area (Å²) >= 11 is 0. The molecule has 1 fully saturated rings. The SMILES string of the molecule is CCc1cc(NC2CC2N)ccn1. The summed E-state index contributed by atoms with van der Waals surface area (Å²) < 4.78 is 0. The highest BCUT2D eigenvalue weighted by Crippen LogP contribution is 2.23. The number of hydrogen-bond donors (Lipinski definition) is 2. The van der Waals surface area contributed by atoms with Gasteiger partial charge in [-0.25, -0.2) is 0 Å². The molecule has 0 aromatic carbocycles. The lowest BCUT2D eigenvalue weighted by Crippen LogP contribution is -2.13. The second kappa shape index (κ2) is 3.34. The third kappa shape index (κ3) is 1.98. The maximum Gasteiger partial charge on any atom is 0.0428 e. The molecule has 3 heteroatoms. The summed E-state index contributed by atoms with van der Waals surface area (Å²) in [4.78, 5) is 4.23. The number of aromatic nitrogens is 1. The summed E-state index contributed by atoms with van der Waals surface area (Å²) in [5.74, 6) is 0. The Morgan fingerprint density at radius 3 is 3.08 bits per heavy atom. The molecule has 0 radical (unpaired) electrons. The van der Waals surface area contributed by atoms with Crippen LogP contribution in [0.5, 0.6) is 0 Å². The van der Waals surface area contributed by atoms with Gasteiger partial charge in [0.25, 0.3) is 0 Å². The lowest BCUT2D eigenvalue weighted by Gasteiger charge is -2.05. The van der Waals surface area contributed by atoms with Crippen LogP contribution in [-0.2, 0) is 6.42 Å². The van der Waals surface area contributed by atoms with Gasteiger partial charge in [-0.2, -0.15) is 0 Å². The second-order valence-electron chi connectivity index (χ2n) is 3.54. The quantitative estimate of drug-likeness (QED) is 0.728. The maximum atomic E-state index is 5.71. The van der Waals surface area contributed by atoms with Crippen molar-refractivity contribution in [2.24, 2.45) is 5.73 Å². The van der Waals surface area contributed by atoms with Crippen LogP contribution in [0.4, 0.5) is 5.69 Å². The van der Waals surface area contributed by atoms with E-state index in [1.54, 1.807) is 0 Å². The van der Waals surface area contributed by atoms with Crippen LogP contribution in [0.2, 0.25) is 0 Å². The fourth-order valence-electron chi connectivity index (χ4n) is 1.36. The summed E-state index contributed by atoms with van der Waals surface area (Å²) in [7, 11) is 0. The first kappa shape index (κ1) is 8.51. The van der Waals surface area contributed by atoms with Gasteiger partial charge in [-0.05, 0) is 25.0 Å². The minimum Gasteiger partial charge on any atom is -0.381 e. The number of aryl methyl sites for hydroxylation is 1. The predicted octanol–water partition coefficient (Wildman–Crippen LogP) is 1.16. The van der Waals surface area contributed by atoms with Gasteiger partial charge in [0.1, 0.15) is 0 Å². The normalized spacial score (nSPS) is 25.7. The van der Waals surface area contributed by atoms with E-state index in [0.717, 1.165) is 24.2 Å². The van der Waals surface area contributed by atoms with E-state index in [2.05, 4.69) is 23.3 Å². The minimum absolute atomic E-state index is 0.346. The van der Waals surface area contributed by atoms with Crippen molar-refractivity contribution in [2.45, 2.75) is 31.8 Å². The zero-order valence-electron chi connectivity index (χ0n) is 7.83. The molecule has 2 rings (SSSR count). The van der Waals surface area contributed by atoms with E-state index in [4.69, 9.17) is 5.73 Å². The summed E-state index contributed by atoms with van der Waals surface area (Å²) in [6.45, 7) is 2.11. The minimum atomic E-state index is 0.346. The van der Waals surface area contributed by atoms with Gasteiger partial charge in [-0.3, -0.25) is 4.98 Å². The van der Waals surface area contributed by atoms with E-state index in [9.17, 15) is 0 Å². The zero-order chi connectivity index (χ0) is 9.26. The molecule has 1 aliphatic rings. The van der Waals surface area contributed by atoms with Crippen LogP contribution in [0, 0.1) is 0 Å². The van der Waals surface area contributed by atoms with Crippen molar-refractivity contribution in [1.82, 2.24) is 4.98 Å². The Morgan fingerprint density at radius 2 is 2.46 bits per heavy atom. The molecule has 2 atom stereocenters. The van der Waals surface area contributed by atoms with Crippen molar-refractivity contribution in [3.05, 3.63) is 24.0 Å². The summed E-state index contributed by atoms with van der Waals surface area (Å²) in [6, 6.07) is 4.90. The molecule has 2 unspecified atom stereocenters. The van der Waals surface area contributed by atoms with E-state index >= 15 is 0 Å². The van der Waals surface area contributed by atoms with Gasteiger partial charge in [0.2, 0.25) is 0 Å². The average molecular weight is 177 g/mol. The van der Waals surface area contributed by atoms with Gasteiger partial charge >= 0.3 is 0 Å². The van der Waals surface area contributed by atoms with E-state index < -0.39 is 0 Å². The number of nitrogens with two attached hydrogens (primary N) is 1. The van der Waals surface area contributed by atoms with Gasteiger partial charge in [0.05, 0.1) is 0 Å². The molecule has 0 aliphatic heterocycles. The van der Waals surface area contributed by atoms with Crippen LogP contribution < -0.4 is 11.1 Å². The van der Waals surface area contributed by atoms with Crippen molar-refractivity contribution in [3.63, 3.8) is 0 Å². The number of pyridine rings is 1. The molecule has 1 heterocycles. The Hall–Kier alpha value is -1.09. The lowest BCUT2D eigenvalue weighted by molar-refractivity contribution is 0.995. The van der Waals surface area contributed by atoms with Crippen LogP contribution in [0.3, 0.4) is 0 Å². The largest absolute Gasteiger partial charge is 0.381 e. The Labute approximate surface area is 78.4 Å². The van der Waals surface area contributed by atoms with Crippen LogP contribution >= 0.6 is 0 Å². The summed E-state index contributed by atoms with van der Waals surface area (Å²) in [5, 5.41) is 3.38. The molecule has 0 saturated heterocycles. The lowest BCUT2D eigenvalue weighted by atomic mass is 10.2. The van der Waals surface area contributed by atoms with Crippen molar-refractivity contribution in [1.29, 1.82) is 0 Å². The van der Waals surface area contributed by atoms with E-state index in [1.807, 2.05) is 12.3 Å². The number of nitrogens with one attached hydrogen (secondary N) is 1. The molecule has 0 amide bonds. The van der Waals surface area contributed by atoms with E-state index in [-0.39, 0.29) is 0 Å². The monoisotopic (exact) mass is 177 g/mol. The number of rotatable bonds is 3. The molecule has 3 nitrogen and oxygen atoms in total. The molecular formula is C10H15N3. The Balaban J connectivity index is 2.03. The van der Waals surface area contributed by atoms with Gasteiger partial charge < -0.3 is 11.1 Å². The van der Waals surface area contributed by atoms with E-state index in [0.29, 0.717) is 12.1 Å². The highest BCUT2D eigenvalue weighted by atomic mass is 15.0. The molecule has 1 aromatic heterocycles. The van der Waals surface area contributed by atoms with Gasteiger partial charge in [0, 0.05) is 29.7 Å². The third-order valence-corrected chi connectivity index (χ3v) is 2.37. The average Bonchev–Trinajstić information content (AvgIpc) is 2.82. The van der Waals surface area contributed by atoms with Crippen molar-refractivity contribution in [2.75, 3.05) is 5.32 Å². The number of anilines is 1. The second-order valence-corrected chi connectivity index (χ2v) is 3.54. The van der Waals surface area contributed by atoms with Gasteiger partial charge in [-0.15, -0.1) is 0 Å². The number of nitrogens with zero attached hydrogens (tertiary/aromatic N) is 1. The molecule has 0 bridgehead atoms. The molecule has 1 saturated carbocycles. The summed E-state index contributed by atoms with van der Waals surface area (Å²) in [6.07, 6.45) is 3.91. The smallest absolute Gasteiger partial charge is 0.0428 e. The molecule has 1 aliphatic carbocycles. The Kier molecular flexibility index (Phi) is 2.19. The van der Waals surface area contributed by atoms with Crippen molar-refractivity contribution < 1.29 is 0 Å².